The van der Waals surface area contributed by atoms with E-state index in [2.05, 4.69) is 27.5 Å². The number of hydrogen-bond donors (Lipinski definition) is 3. The Bertz CT molecular complexity index is 408. The van der Waals surface area contributed by atoms with Gasteiger partial charge >= 0.3 is 5.97 Å². The average Bonchev–Trinajstić information content (AvgIpc) is 2.45. The predicted octanol–water partition coefficient (Wildman–Crippen LogP) is 1.89. The molecule has 0 radical (unpaired) electrons. The molecule has 1 rings (SSSR count). The van der Waals surface area contributed by atoms with Crippen LogP contribution in [0.15, 0.2) is 12.4 Å². The number of carboxylic acids is 1. The first-order valence-corrected chi connectivity index (χ1v) is 7.09. The first-order chi connectivity index (χ1) is 9.58. The summed E-state index contributed by atoms with van der Waals surface area (Å²) in [6.45, 7) is 7.29. The van der Waals surface area contributed by atoms with Crippen molar-refractivity contribution in [3.63, 3.8) is 0 Å². The second-order valence-corrected chi connectivity index (χ2v) is 4.92. The maximum absolute atomic E-state index is 11.2. The first-order valence-electron chi connectivity index (χ1n) is 7.09. The highest BCUT2D eigenvalue weighted by Crippen LogP contribution is 2.09. The van der Waals surface area contributed by atoms with Crippen LogP contribution in [0.1, 0.15) is 39.2 Å². The van der Waals surface area contributed by atoms with Gasteiger partial charge in [0, 0.05) is 31.0 Å². The molecule has 0 aliphatic rings. The number of carboxylic acid groups (broad SMARTS) is 1. The summed E-state index contributed by atoms with van der Waals surface area (Å²) >= 11 is 0. The molecule has 3 N–H and O–H groups in total. The van der Waals surface area contributed by atoms with Crippen molar-refractivity contribution in [3.8, 4) is 0 Å². The normalized spacial score (nSPS) is 13.8. The van der Waals surface area contributed by atoms with Gasteiger partial charge in [-0.3, -0.25) is 10.1 Å². The summed E-state index contributed by atoms with van der Waals surface area (Å²) in [5.41, 5.74) is 0.876. The summed E-state index contributed by atoms with van der Waals surface area (Å²) in [6, 6.07) is -0.544. The molecular weight excluding hydrogens is 256 g/mol. The monoisotopic (exact) mass is 280 g/mol. The van der Waals surface area contributed by atoms with Crippen LogP contribution in [-0.4, -0.2) is 33.6 Å². The molecule has 1 aromatic rings. The summed E-state index contributed by atoms with van der Waals surface area (Å²) in [5, 5.41) is 15.3. The van der Waals surface area contributed by atoms with Gasteiger partial charge in [-0.1, -0.05) is 27.2 Å². The molecule has 0 saturated carbocycles. The van der Waals surface area contributed by atoms with Crippen molar-refractivity contribution in [2.75, 3.05) is 11.9 Å². The number of aliphatic carboxylic acids is 1. The Kier molecular flexibility index (Phi) is 6.93. The maximum Gasteiger partial charge on any atom is 0.320 e. The molecule has 0 bridgehead atoms. The van der Waals surface area contributed by atoms with Crippen LogP contribution >= 0.6 is 0 Å². The number of nitrogens with zero attached hydrogens (tertiary/aromatic N) is 2. The van der Waals surface area contributed by atoms with E-state index < -0.39 is 12.0 Å². The van der Waals surface area contributed by atoms with Crippen molar-refractivity contribution in [2.45, 2.75) is 46.2 Å². The molecule has 0 spiro atoms. The van der Waals surface area contributed by atoms with Gasteiger partial charge in [-0.2, -0.15) is 0 Å². The van der Waals surface area contributed by atoms with Gasteiger partial charge in [0.1, 0.15) is 6.04 Å². The zero-order valence-corrected chi connectivity index (χ0v) is 12.4. The topological polar surface area (TPSA) is 87.1 Å². The third-order valence-electron chi connectivity index (χ3n) is 3.24. The summed E-state index contributed by atoms with van der Waals surface area (Å²) < 4.78 is 0. The molecule has 0 aliphatic carbocycles. The quantitative estimate of drug-likeness (QED) is 0.640. The molecule has 20 heavy (non-hydrogen) atoms. The lowest BCUT2D eigenvalue weighted by Gasteiger charge is -2.20. The van der Waals surface area contributed by atoms with Crippen molar-refractivity contribution < 1.29 is 9.90 Å². The van der Waals surface area contributed by atoms with E-state index in [1.807, 2.05) is 13.8 Å². The van der Waals surface area contributed by atoms with E-state index in [1.54, 1.807) is 12.4 Å². The van der Waals surface area contributed by atoms with Gasteiger partial charge in [0.25, 0.3) is 0 Å². The Hall–Kier alpha value is -1.69. The van der Waals surface area contributed by atoms with E-state index in [0.717, 1.165) is 24.9 Å². The summed E-state index contributed by atoms with van der Waals surface area (Å²) in [5.74, 6) is -0.132. The fraction of sp³-hybridized carbons (Fsp3) is 0.643. The van der Waals surface area contributed by atoms with E-state index in [-0.39, 0.29) is 5.92 Å². The van der Waals surface area contributed by atoms with Crippen LogP contribution in [0.3, 0.4) is 0 Å². The lowest BCUT2D eigenvalue weighted by molar-refractivity contribution is -0.140. The average molecular weight is 280 g/mol. The Labute approximate surface area is 120 Å². The van der Waals surface area contributed by atoms with Crippen LogP contribution in [0, 0.1) is 5.92 Å². The Morgan fingerprint density at radius 2 is 2.00 bits per heavy atom. The fourth-order valence-electron chi connectivity index (χ4n) is 1.77. The number of rotatable bonds is 9. The smallest absolute Gasteiger partial charge is 0.320 e. The molecule has 0 unspecified atom stereocenters. The minimum absolute atomic E-state index is 0.0823. The van der Waals surface area contributed by atoms with E-state index in [4.69, 9.17) is 0 Å². The van der Waals surface area contributed by atoms with Crippen molar-refractivity contribution in [1.29, 1.82) is 0 Å². The molecule has 0 fully saturated rings. The fourth-order valence-corrected chi connectivity index (χ4v) is 1.77. The Morgan fingerprint density at radius 3 is 2.50 bits per heavy atom. The van der Waals surface area contributed by atoms with Crippen molar-refractivity contribution >= 4 is 11.9 Å². The van der Waals surface area contributed by atoms with Crippen LogP contribution in [0.4, 0.5) is 5.95 Å². The zero-order chi connectivity index (χ0) is 15.0. The van der Waals surface area contributed by atoms with Gasteiger partial charge in [0.2, 0.25) is 5.95 Å². The van der Waals surface area contributed by atoms with Crippen LogP contribution in [0.5, 0.6) is 0 Å². The molecule has 112 valence electrons. The van der Waals surface area contributed by atoms with Crippen LogP contribution in [0.25, 0.3) is 0 Å². The van der Waals surface area contributed by atoms with Crippen molar-refractivity contribution in [3.05, 3.63) is 18.0 Å². The third kappa shape index (κ3) is 5.13. The lowest BCUT2D eigenvalue weighted by atomic mass is 9.99. The van der Waals surface area contributed by atoms with Gasteiger partial charge in [-0.15, -0.1) is 0 Å². The zero-order valence-electron chi connectivity index (χ0n) is 12.4. The highest BCUT2D eigenvalue weighted by molar-refractivity contribution is 5.73. The number of carbonyl (C=O) groups is 1. The Morgan fingerprint density at radius 1 is 1.35 bits per heavy atom. The van der Waals surface area contributed by atoms with Crippen LogP contribution < -0.4 is 10.6 Å². The van der Waals surface area contributed by atoms with Crippen LogP contribution in [0.2, 0.25) is 0 Å². The molecule has 0 aliphatic heterocycles. The molecule has 1 aromatic heterocycles. The van der Waals surface area contributed by atoms with Gasteiger partial charge in [0.15, 0.2) is 0 Å². The minimum atomic E-state index is -0.818. The summed E-state index contributed by atoms with van der Waals surface area (Å²) in [7, 11) is 0. The lowest BCUT2D eigenvalue weighted by Crippen LogP contribution is -2.41. The largest absolute Gasteiger partial charge is 0.480 e. The highest BCUT2D eigenvalue weighted by Gasteiger charge is 2.22. The van der Waals surface area contributed by atoms with E-state index in [9.17, 15) is 9.90 Å². The predicted molar refractivity (Wildman–Crippen MR) is 78.5 cm³/mol. The summed E-state index contributed by atoms with van der Waals surface area (Å²) in [4.78, 5) is 19.6. The van der Waals surface area contributed by atoms with Gasteiger partial charge in [-0.05, 0) is 12.3 Å². The van der Waals surface area contributed by atoms with E-state index in [0.29, 0.717) is 12.5 Å². The molecule has 0 saturated heterocycles. The van der Waals surface area contributed by atoms with E-state index >= 15 is 0 Å². The summed E-state index contributed by atoms with van der Waals surface area (Å²) in [6.07, 6.45) is 5.27. The van der Waals surface area contributed by atoms with Gasteiger partial charge in [-0.25, -0.2) is 9.97 Å². The molecule has 1 heterocycles. The second kappa shape index (κ2) is 8.47. The van der Waals surface area contributed by atoms with Gasteiger partial charge in [0.05, 0.1) is 0 Å². The Balaban J connectivity index is 2.53. The SMILES string of the molecule is CCCNc1ncc(CN[C@H](C(=O)O)[C@H](C)CC)cn1. The molecule has 6 heteroatoms. The standard InChI is InChI=1S/C14H24N4O2/c1-4-6-15-14-17-8-11(9-18-14)7-16-12(13(19)20)10(3)5-2/h8-10,12,16H,4-7H2,1-3H3,(H,19,20)(H,15,17,18)/t10-,12+/m1/s1. The van der Waals surface area contributed by atoms with Gasteiger partial charge < -0.3 is 10.4 Å². The number of nitrogens with one attached hydrogen (secondary N) is 2. The molecule has 0 aromatic carbocycles. The number of hydrogen-bond acceptors (Lipinski definition) is 5. The van der Waals surface area contributed by atoms with E-state index in [1.165, 1.54) is 0 Å². The maximum atomic E-state index is 11.2. The van der Waals surface area contributed by atoms with Crippen LogP contribution in [-0.2, 0) is 11.3 Å². The molecule has 6 nitrogen and oxygen atoms in total. The number of anilines is 1. The first kappa shape index (κ1) is 16.4. The number of aromatic nitrogens is 2. The minimum Gasteiger partial charge on any atom is -0.480 e. The van der Waals surface area contributed by atoms with Crippen molar-refractivity contribution in [2.24, 2.45) is 5.92 Å². The highest BCUT2D eigenvalue weighted by atomic mass is 16.4. The molecule has 2 atom stereocenters. The molecular formula is C14H24N4O2. The second-order valence-electron chi connectivity index (χ2n) is 4.92. The molecule has 0 amide bonds. The third-order valence-corrected chi connectivity index (χ3v) is 3.24. The van der Waals surface area contributed by atoms with Crippen molar-refractivity contribution in [1.82, 2.24) is 15.3 Å².